The molecule has 1 aromatic heterocycles. The van der Waals surface area contributed by atoms with E-state index in [0.717, 1.165) is 21.3 Å². The summed E-state index contributed by atoms with van der Waals surface area (Å²) in [5.74, 6) is 0. The van der Waals surface area contributed by atoms with Gasteiger partial charge < -0.3 is 5.11 Å². The molecule has 2 aromatic rings. The zero-order chi connectivity index (χ0) is 11.7. The van der Waals surface area contributed by atoms with Crippen molar-refractivity contribution in [3.8, 4) is 0 Å². The van der Waals surface area contributed by atoms with Gasteiger partial charge in [0.25, 0.3) is 0 Å². The number of rotatable bonds is 2. The Bertz CT molecular complexity index is 507. The Morgan fingerprint density at radius 3 is 2.69 bits per heavy atom. The molecule has 84 valence electrons. The Kier molecular flexibility index (Phi) is 3.12. The molecule has 0 aliphatic rings. The van der Waals surface area contributed by atoms with Crippen LogP contribution in [0, 0.1) is 6.92 Å². The zero-order valence-corrected chi connectivity index (χ0v) is 10.8. The first-order valence-corrected chi connectivity index (χ1v) is 5.81. The van der Waals surface area contributed by atoms with Gasteiger partial charge in [-0.2, -0.15) is 5.10 Å². The Hall–Kier alpha value is -1.13. The molecule has 1 heterocycles. The first-order valence-electron chi connectivity index (χ1n) is 5.01. The number of benzene rings is 1. The van der Waals surface area contributed by atoms with E-state index in [2.05, 4.69) is 21.0 Å². The molecule has 3 nitrogen and oxygen atoms in total. The zero-order valence-electron chi connectivity index (χ0n) is 9.18. The van der Waals surface area contributed by atoms with Gasteiger partial charge in [0.1, 0.15) is 6.10 Å². The van der Waals surface area contributed by atoms with Crippen molar-refractivity contribution in [3.05, 3.63) is 51.8 Å². The molecular weight excluding hydrogens is 268 g/mol. The van der Waals surface area contributed by atoms with Gasteiger partial charge in [0.05, 0.1) is 5.69 Å². The lowest BCUT2D eigenvalue weighted by molar-refractivity contribution is 0.209. The van der Waals surface area contributed by atoms with Gasteiger partial charge in [0.15, 0.2) is 0 Å². The smallest absolute Gasteiger partial charge is 0.121 e. The Balaban J connectivity index is 2.38. The summed E-state index contributed by atoms with van der Waals surface area (Å²) in [7, 11) is 1.82. The SMILES string of the molecule is Cc1ccc(C(O)c2ccnn2C)cc1Br. The summed E-state index contributed by atoms with van der Waals surface area (Å²) in [5.41, 5.74) is 2.80. The van der Waals surface area contributed by atoms with Crippen LogP contribution in [0.3, 0.4) is 0 Å². The third kappa shape index (κ3) is 2.03. The van der Waals surface area contributed by atoms with Crippen LogP contribution in [-0.2, 0) is 7.05 Å². The molecule has 0 saturated carbocycles. The number of aliphatic hydroxyl groups excluding tert-OH is 1. The number of halogens is 1. The molecule has 2 rings (SSSR count). The molecule has 0 radical (unpaired) electrons. The van der Waals surface area contributed by atoms with E-state index in [-0.39, 0.29) is 0 Å². The third-order valence-corrected chi connectivity index (χ3v) is 3.50. The molecule has 1 atom stereocenters. The van der Waals surface area contributed by atoms with Crippen molar-refractivity contribution in [3.63, 3.8) is 0 Å². The Morgan fingerprint density at radius 2 is 2.12 bits per heavy atom. The van der Waals surface area contributed by atoms with Gasteiger partial charge in [-0.25, -0.2) is 0 Å². The number of aryl methyl sites for hydroxylation is 2. The van der Waals surface area contributed by atoms with Crippen molar-refractivity contribution < 1.29 is 5.11 Å². The van der Waals surface area contributed by atoms with Crippen molar-refractivity contribution in [2.75, 3.05) is 0 Å². The monoisotopic (exact) mass is 280 g/mol. The van der Waals surface area contributed by atoms with Gasteiger partial charge in [0, 0.05) is 17.7 Å². The molecule has 1 N–H and O–H groups in total. The van der Waals surface area contributed by atoms with Crippen molar-refractivity contribution in [1.82, 2.24) is 9.78 Å². The highest BCUT2D eigenvalue weighted by atomic mass is 79.9. The van der Waals surface area contributed by atoms with Gasteiger partial charge >= 0.3 is 0 Å². The maximum atomic E-state index is 10.2. The van der Waals surface area contributed by atoms with Crippen molar-refractivity contribution >= 4 is 15.9 Å². The van der Waals surface area contributed by atoms with E-state index in [1.807, 2.05) is 38.2 Å². The van der Waals surface area contributed by atoms with Crippen molar-refractivity contribution in [2.24, 2.45) is 7.05 Å². The van der Waals surface area contributed by atoms with Gasteiger partial charge in [-0.3, -0.25) is 4.68 Å². The summed E-state index contributed by atoms with van der Waals surface area (Å²) in [6.07, 6.45) is 1.05. The fourth-order valence-electron chi connectivity index (χ4n) is 1.60. The molecule has 16 heavy (non-hydrogen) atoms. The number of hydrogen-bond donors (Lipinski definition) is 1. The normalized spacial score (nSPS) is 12.8. The van der Waals surface area contributed by atoms with E-state index in [4.69, 9.17) is 0 Å². The largest absolute Gasteiger partial charge is 0.382 e. The summed E-state index contributed by atoms with van der Waals surface area (Å²) in [4.78, 5) is 0. The molecule has 0 aliphatic heterocycles. The van der Waals surface area contributed by atoms with Crippen LogP contribution < -0.4 is 0 Å². The van der Waals surface area contributed by atoms with Crippen LogP contribution in [0.4, 0.5) is 0 Å². The summed E-state index contributed by atoms with van der Waals surface area (Å²) in [6.45, 7) is 2.02. The van der Waals surface area contributed by atoms with Crippen LogP contribution in [0.2, 0.25) is 0 Å². The highest BCUT2D eigenvalue weighted by Crippen LogP contribution is 2.25. The van der Waals surface area contributed by atoms with E-state index in [9.17, 15) is 5.11 Å². The molecule has 0 amide bonds. The van der Waals surface area contributed by atoms with Crippen molar-refractivity contribution in [2.45, 2.75) is 13.0 Å². The first-order chi connectivity index (χ1) is 7.59. The van der Waals surface area contributed by atoms with Gasteiger partial charge in [-0.05, 0) is 30.2 Å². The minimum atomic E-state index is -0.635. The number of aliphatic hydroxyl groups is 1. The molecule has 0 aliphatic carbocycles. The lowest BCUT2D eigenvalue weighted by atomic mass is 10.1. The third-order valence-electron chi connectivity index (χ3n) is 2.65. The summed E-state index contributed by atoms with van der Waals surface area (Å²) < 4.78 is 2.68. The predicted octanol–water partition coefficient (Wildman–Crippen LogP) is 2.57. The van der Waals surface area contributed by atoms with Crippen molar-refractivity contribution in [1.29, 1.82) is 0 Å². The summed E-state index contributed by atoms with van der Waals surface area (Å²) in [5, 5.41) is 14.2. The molecule has 1 unspecified atom stereocenters. The molecule has 0 bridgehead atoms. The predicted molar refractivity (Wildman–Crippen MR) is 66.1 cm³/mol. The van der Waals surface area contributed by atoms with E-state index < -0.39 is 6.10 Å². The highest BCUT2D eigenvalue weighted by Gasteiger charge is 2.14. The highest BCUT2D eigenvalue weighted by molar-refractivity contribution is 9.10. The maximum Gasteiger partial charge on any atom is 0.121 e. The molecular formula is C12H13BrN2O. The second kappa shape index (κ2) is 4.39. The lowest BCUT2D eigenvalue weighted by Gasteiger charge is -2.12. The van der Waals surface area contributed by atoms with Gasteiger partial charge in [-0.15, -0.1) is 0 Å². The molecule has 0 saturated heterocycles. The van der Waals surface area contributed by atoms with Crippen LogP contribution in [-0.4, -0.2) is 14.9 Å². The van der Waals surface area contributed by atoms with Gasteiger partial charge in [0.2, 0.25) is 0 Å². The van der Waals surface area contributed by atoms with Crippen LogP contribution in [0.1, 0.15) is 22.9 Å². The first kappa shape index (κ1) is 11.4. The van der Waals surface area contributed by atoms with Crippen LogP contribution in [0.25, 0.3) is 0 Å². The molecule has 4 heteroatoms. The van der Waals surface area contributed by atoms with E-state index in [1.165, 1.54) is 0 Å². The Labute approximate surface area is 103 Å². The van der Waals surface area contributed by atoms with Gasteiger partial charge in [-0.1, -0.05) is 28.1 Å². The average molecular weight is 281 g/mol. The molecule has 0 spiro atoms. The number of hydrogen-bond acceptors (Lipinski definition) is 2. The second-order valence-electron chi connectivity index (χ2n) is 3.79. The standard InChI is InChI=1S/C12H13BrN2O/c1-8-3-4-9(7-10(8)13)12(16)11-5-6-14-15(11)2/h3-7,12,16H,1-2H3. The number of nitrogens with zero attached hydrogens (tertiary/aromatic N) is 2. The minimum Gasteiger partial charge on any atom is -0.382 e. The molecule has 1 aromatic carbocycles. The fraction of sp³-hybridized carbons (Fsp3) is 0.250. The van der Waals surface area contributed by atoms with Crippen LogP contribution in [0.5, 0.6) is 0 Å². The second-order valence-corrected chi connectivity index (χ2v) is 4.65. The van der Waals surface area contributed by atoms with Crippen LogP contribution in [0.15, 0.2) is 34.9 Å². The number of aromatic nitrogens is 2. The van der Waals surface area contributed by atoms with Crippen LogP contribution >= 0.6 is 15.9 Å². The summed E-state index contributed by atoms with van der Waals surface area (Å²) >= 11 is 3.46. The van der Waals surface area contributed by atoms with E-state index in [0.29, 0.717) is 0 Å². The maximum absolute atomic E-state index is 10.2. The minimum absolute atomic E-state index is 0.635. The topological polar surface area (TPSA) is 38.1 Å². The summed E-state index contributed by atoms with van der Waals surface area (Å²) in [6, 6.07) is 7.67. The lowest BCUT2D eigenvalue weighted by Crippen LogP contribution is -2.06. The fourth-order valence-corrected chi connectivity index (χ4v) is 2.00. The van der Waals surface area contributed by atoms with E-state index in [1.54, 1.807) is 10.9 Å². The van der Waals surface area contributed by atoms with E-state index >= 15 is 0 Å². The Morgan fingerprint density at radius 1 is 1.38 bits per heavy atom. The average Bonchev–Trinajstić information content (AvgIpc) is 2.67. The molecule has 0 fully saturated rings. The quantitative estimate of drug-likeness (QED) is 0.918.